The van der Waals surface area contributed by atoms with Crippen LogP contribution in [0.5, 0.6) is 5.75 Å². The summed E-state index contributed by atoms with van der Waals surface area (Å²) in [5, 5.41) is 13.1. The molecule has 3 aliphatic rings. The van der Waals surface area contributed by atoms with Gasteiger partial charge < -0.3 is 15.2 Å². The van der Waals surface area contributed by atoms with Crippen LogP contribution in [0.1, 0.15) is 43.7 Å². The maximum atomic E-state index is 14.0. The van der Waals surface area contributed by atoms with E-state index in [0.717, 1.165) is 41.8 Å². The minimum atomic E-state index is -0.397. The van der Waals surface area contributed by atoms with Gasteiger partial charge in [0.2, 0.25) is 11.8 Å². The molecule has 2 fully saturated rings. The van der Waals surface area contributed by atoms with Crippen molar-refractivity contribution in [2.45, 2.75) is 38.7 Å². The minimum Gasteiger partial charge on any atom is -0.508 e. The van der Waals surface area contributed by atoms with E-state index in [-0.39, 0.29) is 35.5 Å². The third-order valence-corrected chi connectivity index (χ3v) is 9.68. The molecule has 0 unspecified atom stereocenters. The summed E-state index contributed by atoms with van der Waals surface area (Å²) >= 11 is 0. The summed E-state index contributed by atoms with van der Waals surface area (Å²) in [6, 6.07) is 35.0. The van der Waals surface area contributed by atoms with Crippen molar-refractivity contribution < 1.29 is 19.4 Å². The fourth-order valence-electron chi connectivity index (χ4n) is 7.46. The molecule has 2 N–H and O–H groups in total. The van der Waals surface area contributed by atoms with Crippen LogP contribution >= 0.6 is 0 Å². The average Bonchev–Trinajstić information content (AvgIpc) is 3.62. The number of nitrogens with one attached hydrogen (secondary N) is 1. The van der Waals surface area contributed by atoms with Crippen LogP contribution in [-0.4, -0.2) is 29.6 Å². The molecule has 6 heteroatoms. The predicted molar refractivity (Wildman–Crippen MR) is 182 cm³/mol. The number of carbonyl (C=O) groups excluding carboxylic acids is 2. The lowest BCUT2D eigenvalue weighted by molar-refractivity contribution is -0.122. The molecule has 0 saturated carbocycles. The van der Waals surface area contributed by atoms with Gasteiger partial charge in [-0.25, -0.2) is 0 Å². The number of hydrogen-bond donors (Lipinski definition) is 2. The number of phenols is 1. The van der Waals surface area contributed by atoms with Gasteiger partial charge in [-0.05, 0) is 96.5 Å². The molecule has 46 heavy (non-hydrogen) atoms. The van der Waals surface area contributed by atoms with E-state index in [0.29, 0.717) is 18.7 Å². The summed E-state index contributed by atoms with van der Waals surface area (Å²) in [6.07, 6.45) is 5.10. The number of fused-ring (bicyclic) bond motifs is 3. The Morgan fingerprint density at radius 2 is 1.52 bits per heavy atom. The normalized spacial score (nSPS) is 22.6. The molecule has 6 nitrogen and oxygen atoms in total. The molecule has 2 saturated heterocycles. The van der Waals surface area contributed by atoms with Gasteiger partial charge in [0, 0.05) is 17.3 Å². The van der Waals surface area contributed by atoms with Gasteiger partial charge in [-0.2, -0.15) is 0 Å². The lowest BCUT2D eigenvalue weighted by Crippen LogP contribution is -2.34. The lowest BCUT2D eigenvalue weighted by Gasteiger charge is -2.31. The first-order chi connectivity index (χ1) is 22.5. The summed E-state index contributed by atoms with van der Waals surface area (Å²) in [4.78, 5) is 29.3. The topological polar surface area (TPSA) is 78.9 Å². The molecule has 4 aromatic rings. The van der Waals surface area contributed by atoms with Crippen LogP contribution in [0.3, 0.4) is 0 Å². The Hall–Kier alpha value is -4.94. The number of hydrogen-bond acceptors (Lipinski definition) is 5. The molecular formula is C40H38N2O4. The quantitative estimate of drug-likeness (QED) is 0.113. The van der Waals surface area contributed by atoms with Crippen LogP contribution < -0.4 is 10.2 Å². The largest absolute Gasteiger partial charge is 0.508 e. The second-order valence-electron chi connectivity index (χ2n) is 12.4. The standard InChI is InChI=1S/C40H38N2O4/c1-2-27-24-34-38(40(45)42(39(34)44)32-18-16-31(17-19-32)41-30-11-7-4-8-12-30)35-25-46-36(37(27)35)22-15-29(28-9-5-3-6-10-28)23-26-13-20-33(43)21-14-26/h3-14,16-21,23,34-36,38,41,43H,2,15,22,24-25H2,1H3/b29-23-/t34-,35+,36-,38-/m1/s1. The third-order valence-electron chi connectivity index (χ3n) is 9.68. The van der Waals surface area contributed by atoms with Crippen molar-refractivity contribution in [1.29, 1.82) is 0 Å². The first kappa shape index (κ1) is 29.8. The number of rotatable bonds is 9. The number of phenolic OH excluding ortho intramolecular Hbond substituents is 1. The number of para-hydroxylation sites is 1. The Labute approximate surface area is 270 Å². The highest BCUT2D eigenvalue weighted by molar-refractivity contribution is 6.22. The van der Waals surface area contributed by atoms with Crippen molar-refractivity contribution in [1.82, 2.24) is 0 Å². The summed E-state index contributed by atoms with van der Waals surface area (Å²) in [5.74, 6) is -0.802. The zero-order chi connectivity index (χ0) is 31.6. The predicted octanol–water partition coefficient (Wildman–Crippen LogP) is 8.39. The molecule has 2 amide bonds. The van der Waals surface area contributed by atoms with Crippen molar-refractivity contribution in [2.75, 3.05) is 16.8 Å². The molecule has 7 rings (SSSR count). The van der Waals surface area contributed by atoms with Crippen LogP contribution in [0.15, 0.2) is 120 Å². The SMILES string of the molecule is CCC1=C2[C@@H](CC/C(=C/c3ccc(O)cc3)c3ccccc3)OC[C@@H]2[C@@H]2C(=O)N(c3ccc(Nc4ccccc4)cc3)C(=O)[C@@H]2C1. The number of carbonyl (C=O) groups is 2. The van der Waals surface area contributed by atoms with E-state index in [1.54, 1.807) is 12.1 Å². The number of allylic oxidation sites excluding steroid dienone is 2. The smallest absolute Gasteiger partial charge is 0.238 e. The number of nitrogens with zero attached hydrogens (tertiary/aromatic N) is 1. The fraction of sp³-hybridized carbons (Fsp3) is 0.250. The third kappa shape index (κ3) is 5.77. The Balaban J connectivity index is 1.10. The minimum absolute atomic E-state index is 0.0829. The van der Waals surface area contributed by atoms with E-state index in [1.165, 1.54) is 21.6 Å². The molecule has 4 aromatic carbocycles. The van der Waals surface area contributed by atoms with Gasteiger partial charge in [-0.15, -0.1) is 0 Å². The molecule has 0 bridgehead atoms. The number of anilines is 3. The first-order valence-corrected chi connectivity index (χ1v) is 16.2. The average molecular weight is 611 g/mol. The highest BCUT2D eigenvalue weighted by Crippen LogP contribution is 2.51. The number of ether oxygens (including phenoxy) is 1. The van der Waals surface area contributed by atoms with Gasteiger partial charge in [0.1, 0.15) is 5.75 Å². The van der Waals surface area contributed by atoms with Crippen LogP contribution in [0.4, 0.5) is 17.1 Å². The number of imide groups is 1. The van der Waals surface area contributed by atoms with Gasteiger partial charge in [0.25, 0.3) is 0 Å². The second kappa shape index (κ2) is 12.8. The van der Waals surface area contributed by atoms with E-state index in [4.69, 9.17) is 4.74 Å². The van der Waals surface area contributed by atoms with Crippen molar-refractivity contribution in [2.24, 2.45) is 17.8 Å². The van der Waals surface area contributed by atoms with Gasteiger partial charge in [-0.1, -0.05) is 79.2 Å². The van der Waals surface area contributed by atoms with Crippen molar-refractivity contribution in [3.05, 3.63) is 131 Å². The number of benzene rings is 4. The molecule has 0 radical (unpaired) electrons. The molecule has 2 aliphatic heterocycles. The van der Waals surface area contributed by atoms with E-state index in [9.17, 15) is 14.7 Å². The molecule has 232 valence electrons. The van der Waals surface area contributed by atoms with Crippen molar-refractivity contribution in [3.8, 4) is 5.75 Å². The van der Waals surface area contributed by atoms with Crippen LogP contribution in [0.2, 0.25) is 0 Å². The molecule has 0 aromatic heterocycles. The summed E-state index contributed by atoms with van der Waals surface area (Å²) in [5.41, 5.74) is 8.35. The van der Waals surface area contributed by atoms with Crippen LogP contribution in [0, 0.1) is 17.8 Å². The Morgan fingerprint density at radius 3 is 2.22 bits per heavy atom. The van der Waals surface area contributed by atoms with Gasteiger partial charge in [-0.3, -0.25) is 14.5 Å². The molecule has 1 aliphatic carbocycles. The molecule has 0 spiro atoms. The zero-order valence-electron chi connectivity index (χ0n) is 25.9. The Morgan fingerprint density at radius 1 is 0.848 bits per heavy atom. The highest BCUT2D eigenvalue weighted by atomic mass is 16.5. The van der Waals surface area contributed by atoms with E-state index in [1.807, 2.05) is 84.9 Å². The second-order valence-corrected chi connectivity index (χ2v) is 12.4. The van der Waals surface area contributed by atoms with Gasteiger partial charge in [0.15, 0.2) is 0 Å². The van der Waals surface area contributed by atoms with Gasteiger partial charge in [0.05, 0.1) is 30.2 Å². The van der Waals surface area contributed by atoms with E-state index < -0.39 is 5.92 Å². The van der Waals surface area contributed by atoms with Crippen molar-refractivity contribution >= 4 is 40.5 Å². The van der Waals surface area contributed by atoms with E-state index in [2.05, 4.69) is 30.4 Å². The fourth-order valence-corrected chi connectivity index (χ4v) is 7.46. The Bertz CT molecular complexity index is 1780. The zero-order valence-corrected chi connectivity index (χ0v) is 25.9. The molecular weight excluding hydrogens is 572 g/mol. The highest BCUT2D eigenvalue weighted by Gasteiger charge is 2.57. The number of aromatic hydroxyl groups is 1. The van der Waals surface area contributed by atoms with Crippen LogP contribution in [-0.2, 0) is 14.3 Å². The summed E-state index contributed by atoms with van der Waals surface area (Å²) in [6.45, 7) is 2.60. The van der Waals surface area contributed by atoms with Crippen molar-refractivity contribution in [3.63, 3.8) is 0 Å². The van der Waals surface area contributed by atoms with Crippen LogP contribution in [0.25, 0.3) is 11.6 Å². The molecule has 2 heterocycles. The monoisotopic (exact) mass is 610 g/mol. The van der Waals surface area contributed by atoms with Gasteiger partial charge >= 0.3 is 0 Å². The molecule has 4 atom stereocenters. The van der Waals surface area contributed by atoms with E-state index >= 15 is 0 Å². The summed E-state index contributed by atoms with van der Waals surface area (Å²) in [7, 11) is 0. The lowest BCUT2D eigenvalue weighted by atomic mass is 9.69. The maximum absolute atomic E-state index is 14.0. The Kier molecular flexibility index (Phi) is 8.29. The summed E-state index contributed by atoms with van der Waals surface area (Å²) < 4.78 is 6.48. The first-order valence-electron chi connectivity index (χ1n) is 16.2. The maximum Gasteiger partial charge on any atom is 0.238 e. The number of amides is 2.